The normalized spacial score (nSPS) is 11.7. The predicted octanol–water partition coefficient (Wildman–Crippen LogP) is 1.48. The maximum absolute atomic E-state index is 12.0. The van der Waals surface area contributed by atoms with Crippen LogP contribution in [0.2, 0.25) is 0 Å². The summed E-state index contributed by atoms with van der Waals surface area (Å²) in [6.07, 6.45) is 3.65. The fraction of sp³-hybridized carbons (Fsp3) is 0.417. The second-order valence-corrected chi connectivity index (χ2v) is 4.51. The van der Waals surface area contributed by atoms with Gasteiger partial charge in [-0.05, 0) is 25.3 Å². The fourth-order valence-electron chi connectivity index (χ4n) is 1.41. The Hall–Kier alpha value is -1.56. The molecule has 98 valence electrons. The number of ether oxygens (including phenoxy) is 1. The van der Waals surface area contributed by atoms with Crippen molar-refractivity contribution >= 4 is 23.6 Å². The van der Waals surface area contributed by atoms with Gasteiger partial charge in [0.1, 0.15) is 5.03 Å². The van der Waals surface area contributed by atoms with Crippen molar-refractivity contribution < 1.29 is 14.3 Å². The highest BCUT2D eigenvalue weighted by Crippen LogP contribution is 2.16. The molecule has 0 aliphatic rings. The third-order valence-electron chi connectivity index (χ3n) is 2.29. The number of amides is 1. The van der Waals surface area contributed by atoms with Crippen LogP contribution < -0.4 is 5.32 Å². The average Bonchev–Trinajstić information content (AvgIpc) is 2.38. The molecule has 1 N–H and O–H groups in total. The summed E-state index contributed by atoms with van der Waals surface area (Å²) in [5.74, 6) is -0.581. The van der Waals surface area contributed by atoms with Crippen molar-refractivity contribution in [2.75, 3.05) is 13.4 Å². The van der Waals surface area contributed by atoms with Crippen LogP contribution in [0.5, 0.6) is 0 Å². The van der Waals surface area contributed by atoms with Crippen molar-refractivity contribution in [2.24, 2.45) is 0 Å². The molecule has 0 aromatic carbocycles. The number of hydrogen-bond acceptors (Lipinski definition) is 5. The van der Waals surface area contributed by atoms with E-state index in [1.54, 1.807) is 25.3 Å². The maximum Gasteiger partial charge on any atom is 0.307 e. The first-order valence-corrected chi connectivity index (χ1v) is 6.67. The summed E-state index contributed by atoms with van der Waals surface area (Å²) in [5.41, 5.74) is 0.515. The summed E-state index contributed by atoms with van der Waals surface area (Å²) >= 11 is 1.41. The maximum atomic E-state index is 12.0. The zero-order valence-corrected chi connectivity index (χ0v) is 11.4. The Morgan fingerprint density at radius 3 is 2.89 bits per heavy atom. The first-order valence-electron chi connectivity index (χ1n) is 5.45. The highest BCUT2D eigenvalue weighted by molar-refractivity contribution is 7.98. The number of rotatable bonds is 5. The van der Waals surface area contributed by atoms with Gasteiger partial charge in [0.25, 0.3) is 5.91 Å². The number of thioether (sulfide) groups is 1. The summed E-state index contributed by atoms with van der Waals surface area (Å²) in [7, 11) is 1.32. The van der Waals surface area contributed by atoms with Crippen molar-refractivity contribution in [1.29, 1.82) is 0 Å². The lowest BCUT2D eigenvalue weighted by molar-refractivity contribution is -0.141. The van der Waals surface area contributed by atoms with Gasteiger partial charge in [0, 0.05) is 12.2 Å². The summed E-state index contributed by atoms with van der Waals surface area (Å²) < 4.78 is 4.55. The Balaban J connectivity index is 2.67. The van der Waals surface area contributed by atoms with Crippen LogP contribution in [-0.4, -0.2) is 36.3 Å². The minimum Gasteiger partial charge on any atom is -0.469 e. The Morgan fingerprint density at radius 1 is 1.56 bits per heavy atom. The van der Waals surface area contributed by atoms with Crippen molar-refractivity contribution in [3.05, 3.63) is 23.9 Å². The number of nitrogens with one attached hydrogen (secondary N) is 1. The summed E-state index contributed by atoms with van der Waals surface area (Å²) in [6.45, 7) is 1.75. The van der Waals surface area contributed by atoms with Gasteiger partial charge in [0.15, 0.2) is 0 Å². The number of hydrogen-bond donors (Lipinski definition) is 1. The molecule has 5 nitrogen and oxygen atoms in total. The standard InChI is InChI=1S/C12H16N2O3S/c1-8(7-10(15)17-2)14-11(16)9-5-4-6-13-12(9)18-3/h4-6,8H,7H2,1-3H3,(H,14,16). The number of esters is 1. The van der Waals surface area contributed by atoms with Crippen LogP contribution in [0.3, 0.4) is 0 Å². The molecule has 0 spiro atoms. The van der Waals surface area contributed by atoms with E-state index in [4.69, 9.17) is 0 Å². The summed E-state index contributed by atoms with van der Waals surface area (Å²) in [5, 5.41) is 3.41. The summed E-state index contributed by atoms with van der Waals surface area (Å²) in [6, 6.07) is 3.14. The van der Waals surface area contributed by atoms with Crippen molar-refractivity contribution in [2.45, 2.75) is 24.4 Å². The van der Waals surface area contributed by atoms with Crippen molar-refractivity contribution in [3.63, 3.8) is 0 Å². The van der Waals surface area contributed by atoms with Crippen molar-refractivity contribution in [1.82, 2.24) is 10.3 Å². The Bertz CT molecular complexity index is 437. The van der Waals surface area contributed by atoms with Gasteiger partial charge in [-0.3, -0.25) is 9.59 Å². The Morgan fingerprint density at radius 2 is 2.28 bits per heavy atom. The van der Waals surface area contributed by atoms with Gasteiger partial charge in [-0.1, -0.05) is 0 Å². The molecule has 18 heavy (non-hydrogen) atoms. The van der Waals surface area contributed by atoms with E-state index >= 15 is 0 Å². The van der Waals surface area contributed by atoms with E-state index in [-0.39, 0.29) is 24.3 Å². The zero-order chi connectivity index (χ0) is 13.5. The molecule has 1 atom stereocenters. The van der Waals surface area contributed by atoms with Gasteiger partial charge in [0.05, 0.1) is 19.1 Å². The number of carbonyl (C=O) groups excluding carboxylic acids is 2. The zero-order valence-electron chi connectivity index (χ0n) is 10.6. The number of aromatic nitrogens is 1. The smallest absolute Gasteiger partial charge is 0.307 e. The molecule has 0 saturated carbocycles. The molecule has 0 radical (unpaired) electrons. The molecule has 0 aliphatic heterocycles. The van der Waals surface area contributed by atoms with E-state index in [1.807, 2.05) is 6.26 Å². The van der Waals surface area contributed by atoms with Crippen molar-refractivity contribution in [3.8, 4) is 0 Å². The minimum atomic E-state index is -0.348. The molecule has 0 fully saturated rings. The van der Waals surface area contributed by atoms with Crippen LogP contribution in [0.15, 0.2) is 23.4 Å². The molecule has 0 aliphatic carbocycles. The van der Waals surface area contributed by atoms with Gasteiger partial charge in [0.2, 0.25) is 0 Å². The SMILES string of the molecule is COC(=O)CC(C)NC(=O)c1cccnc1SC. The van der Waals surface area contributed by atoms with E-state index in [0.717, 1.165) is 0 Å². The molecule has 1 unspecified atom stereocenters. The topological polar surface area (TPSA) is 68.3 Å². The third kappa shape index (κ3) is 4.03. The molecule has 1 aromatic rings. The van der Waals surface area contributed by atoms with Crippen LogP contribution >= 0.6 is 11.8 Å². The minimum absolute atomic E-state index is 0.150. The van der Waals surface area contributed by atoms with Gasteiger partial charge in [-0.2, -0.15) is 0 Å². The second-order valence-electron chi connectivity index (χ2n) is 3.72. The second kappa shape index (κ2) is 7.00. The monoisotopic (exact) mass is 268 g/mol. The van der Waals surface area contributed by atoms with Gasteiger partial charge >= 0.3 is 5.97 Å². The number of carbonyl (C=O) groups is 2. The number of nitrogens with zero attached hydrogens (tertiary/aromatic N) is 1. The van der Waals surface area contributed by atoms with E-state index in [0.29, 0.717) is 10.6 Å². The van der Waals surface area contributed by atoms with E-state index in [1.165, 1.54) is 18.9 Å². The highest BCUT2D eigenvalue weighted by atomic mass is 32.2. The lowest BCUT2D eigenvalue weighted by Gasteiger charge is -2.13. The molecule has 1 aromatic heterocycles. The molecule has 1 rings (SSSR count). The third-order valence-corrected chi connectivity index (χ3v) is 3.00. The number of methoxy groups -OCH3 is 1. The molecule has 6 heteroatoms. The number of pyridine rings is 1. The Labute approximate surface area is 110 Å². The van der Waals surface area contributed by atoms with Crippen LogP contribution in [0.4, 0.5) is 0 Å². The quantitative estimate of drug-likeness (QED) is 0.647. The summed E-state index contributed by atoms with van der Waals surface area (Å²) in [4.78, 5) is 27.2. The Kier molecular flexibility index (Phi) is 5.64. The molecule has 1 amide bonds. The largest absolute Gasteiger partial charge is 0.469 e. The van der Waals surface area contributed by atoms with Gasteiger partial charge < -0.3 is 10.1 Å². The molecular weight excluding hydrogens is 252 g/mol. The average molecular weight is 268 g/mol. The van der Waals surface area contributed by atoms with Crippen LogP contribution in [0, 0.1) is 0 Å². The lowest BCUT2D eigenvalue weighted by atomic mass is 10.2. The van der Waals surface area contributed by atoms with Crippen LogP contribution in [-0.2, 0) is 9.53 Å². The lowest BCUT2D eigenvalue weighted by Crippen LogP contribution is -2.34. The van der Waals surface area contributed by atoms with Crippen LogP contribution in [0.1, 0.15) is 23.7 Å². The molecule has 1 heterocycles. The molecule has 0 bridgehead atoms. The van der Waals surface area contributed by atoms with E-state index in [2.05, 4.69) is 15.0 Å². The molecular formula is C12H16N2O3S. The first kappa shape index (κ1) is 14.5. The highest BCUT2D eigenvalue weighted by Gasteiger charge is 2.16. The van der Waals surface area contributed by atoms with Gasteiger partial charge in [-0.25, -0.2) is 4.98 Å². The first-order chi connectivity index (χ1) is 8.58. The fourth-order valence-corrected chi connectivity index (χ4v) is 1.96. The van der Waals surface area contributed by atoms with Crippen LogP contribution in [0.25, 0.3) is 0 Å². The van der Waals surface area contributed by atoms with E-state index in [9.17, 15) is 9.59 Å². The predicted molar refractivity (Wildman–Crippen MR) is 69.6 cm³/mol. The van der Waals surface area contributed by atoms with E-state index < -0.39 is 0 Å². The van der Waals surface area contributed by atoms with Gasteiger partial charge in [-0.15, -0.1) is 11.8 Å². The molecule has 0 saturated heterocycles.